The first-order chi connectivity index (χ1) is 15.7. The van der Waals surface area contributed by atoms with Gasteiger partial charge in [0, 0.05) is 41.8 Å². The Labute approximate surface area is 187 Å². The predicted octanol–water partition coefficient (Wildman–Crippen LogP) is 5.07. The molecule has 5 nitrogen and oxygen atoms in total. The van der Waals surface area contributed by atoms with E-state index >= 15 is 0 Å². The second kappa shape index (κ2) is 8.33. The number of piperidine rings is 1. The number of anilines is 1. The molecular formula is C27H24N4O. The summed E-state index contributed by atoms with van der Waals surface area (Å²) in [6.07, 6.45) is 3.85. The molecule has 0 aliphatic carbocycles. The number of phenolic OH excluding ortho intramolecular Hbond substituents is 1. The quantitative estimate of drug-likeness (QED) is 0.483. The maximum Gasteiger partial charge on any atom is 0.141 e. The second-order valence-corrected chi connectivity index (χ2v) is 8.26. The largest absolute Gasteiger partial charge is 0.506 e. The van der Waals surface area contributed by atoms with E-state index in [0.29, 0.717) is 5.56 Å². The van der Waals surface area contributed by atoms with Gasteiger partial charge in [-0.1, -0.05) is 48.5 Å². The first-order valence-electron chi connectivity index (χ1n) is 10.9. The molecule has 32 heavy (non-hydrogen) atoms. The summed E-state index contributed by atoms with van der Waals surface area (Å²) in [6, 6.07) is 23.9. The lowest BCUT2D eigenvalue weighted by Crippen LogP contribution is -2.40. The lowest BCUT2D eigenvalue weighted by Gasteiger charge is -2.34. The molecule has 3 aromatic carbocycles. The average Bonchev–Trinajstić information content (AvgIpc) is 2.84. The number of pyridine rings is 1. The van der Waals surface area contributed by atoms with Gasteiger partial charge in [-0.3, -0.25) is 4.98 Å². The molecule has 1 saturated heterocycles. The van der Waals surface area contributed by atoms with Crippen LogP contribution in [-0.4, -0.2) is 29.2 Å². The van der Waals surface area contributed by atoms with Crippen molar-refractivity contribution < 1.29 is 5.11 Å². The first kappa shape index (κ1) is 20.0. The molecule has 0 unspecified atom stereocenters. The number of benzene rings is 3. The fourth-order valence-electron chi connectivity index (χ4n) is 4.51. The van der Waals surface area contributed by atoms with E-state index in [4.69, 9.17) is 10.7 Å². The van der Waals surface area contributed by atoms with Crippen molar-refractivity contribution in [1.82, 2.24) is 4.98 Å². The van der Waals surface area contributed by atoms with Gasteiger partial charge >= 0.3 is 0 Å². The third-order valence-electron chi connectivity index (χ3n) is 6.25. The Morgan fingerprint density at radius 1 is 0.938 bits per heavy atom. The number of hydrogen-bond acceptors (Lipinski definition) is 5. The lowest BCUT2D eigenvalue weighted by molar-refractivity contribution is 0.475. The van der Waals surface area contributed by atoms with Crippen LogP contribution in [-0.2, 0) is 0 Å². The van der Waals surface area contributed by atoms with Gasteiger partial charge in [-0.15, -0.1) is 0 Å². The minimum absolute atomic E-state index is 0.00650. The smallest absolute Gasteiger partial charge is 0.141 e. The van der Waals surface area contributed by atoms with Crippen molar-refractivity contribution in [2.45, 2.75) is 18.9 Å². The van der Waals surface area contributed by atoms with Crippen molar-refractivity contribution in [2.24, 2.45) is 5.73 Å². The van der Waals surface area contributed by atoms with Crippen molar-refractivity contribution in [3.63, 3.8) is 0 Å². The average molecular weight is 421 g/mol. The molecule has 1 aliphatic rings. The Hall–Kier alpha value is -3.88. The zero-order chi connectivity index (χ0) is 22.1. The fraction of sp³-hybridized carbons (Fsp3) is 0.185. The Balaban J connectivity index is 1.74. The maximum atomic E-state index is 10.6. The molecule has 1 aromatic heterocycles. The van der Waals surface area contributed by atoms with E-state index in [9.17, 15) is 10.4 Å². The Morgan fingerprint density at radius 3 is 2.47 bits per heavy atom. The van der Waals surface area contributed by atoms with Crippen LogP contribution in [0.25, 0.3) is 33.2 Å². The van der Waals surface area contributed by atoms with E-state index in [0.717, 1.165) is 59.2 Å². The van der Waals surface area contributed by atoms with Crippen molar-refractivity contribution in [1.29, 1.82) is 5.26 Å². The van der Waals surface area contributed by atoms with E-state index in [1.807, 2.05) is 42.6 Å². The van der Waals surface area contributed by atoms with Crippen molar-refractivity contribution in [3.8, 4) is 34.1 Å². The number of aromatic hydroxyl groups is 1. The topological polar surface area (TPSA) is 86.2 Å². The van der Waals surface area contributed by atoms with Gasteiger partial charge in [0.15, 0.2) is 0 Å². The number of rotatable bonds is 3. The molecule has 0 amide bonds. The van der Waals surface area contributed by atoms with Gasteiger partial charge in [0.1, 0.15) is 11.8 Å². The summed E-state index contributed by atoms with van der Waals surface area (Å²) in [7, 11) is 0. The van der Waals surface area contributed by atoms with Crippen LogP contribution in [0.1, 0.15) is 18.4 Å². The van der Waals surface area contributed by atoms with Gasteiger partial charge in [-0.25, -0.2) is 0 Å². The van der Waals surface area contributed by atoms with Crippen LogP contribution in [0.4, 0.5) is 5.69 Å². The summed E-state index contributed by atoms with van der Waals surface area (Å²) in [6.45, 7) is 1.78. The molecule has 1 aliphatic heterocycles. The normalized spacial score (nSPS) is 14.4. The molecular weight excluding hydrogens is 396 g/mol. The van der Waals surface area contributed by atoms with Crippen molar-refractivity contribution in [2.75, 3.05) is 18.0 Å². The third kappa shape index (κ3) is 3.55. The number of fused-ring (bicyclic) bond motifs is 1. The Bertz CT molecular complexity index is 1320. The van der Waals surface area contributed by atoms with Gasteiger partial charge in [0.2, 0.25) is 0 Å². The summed E-state index contributed by atoms with van der Waals surface area (Å²) in [5.74, 6) is 0.00650. The molecule has 0 radical (unpaired) electrons. The Morgan fingerprint density at radius 2 is 1.72 bits per heavy atom. The van der Waals surface area contributed by atoms with Crippen molar-refractivity contribution >= 4 is 16.6 Å². The van der Waals surface area contributed by atoms with Gasteiger partial charge in [-0.2, -0.15) is 5.26 Å². The number of aromatic nitrogens is 1. The van der Waals surface area contributed by atoms with E-state index < -0.39 is 0 Å². The first-order valence-corrected chi connectivity index (χ1v) is 10.9. The standard InChI is InChI=1S/C27H24N4O/c28-16-20-7-4-8-22(27(20)32)19-9-10-25-23(15-19)26(31-13-11-21(29)12-14-31)24(17-30-25)18-5-2-1-3-6-18/h1-10,15,17,21,32H,11-14,29H2. The molecule has 0 atom stereocenters. The van der Waals surface area contributed by atoms with E-state index in [-0.39, 0.29) is 17.4 Å². The van der Waals surface area contributed by atoms with Crippen LogP contribution in [0.3, 0.4) is 0 Å². The van der Waals surface area contributed by atoms with Crippen LogP contribution >= 0.6 is 0 Å². The molecule has 5 rings (SSSR count). The summed E-state index contributed by atoms with van der Waals surface area (Å²) in [4.78, 5) is 7.16. The third-order valence-corrected chi connectivity index (χ3v) is 6.25. The monoisotopic (exact) mass is 420 g/mol. The van der Waals surface area contributed by atoms with Gasteiger partial charge < -0.3 is 15.7 Å². The molecule has 158 valence electrons. The van der Waals surface area contributed by atoms with Crippen LogP contribution in [0.2, 0.25) is 0 Å². The lowest BCUT2D eigenvalue weighted by atomic mass is 9.95. The van der Waals surface area contributed by atoms with Gasteiger partial charge in [0.25, 0.3) is 0 Å². The minimum atomic E-state index is 0.00650. The number of nitrogens with two attached hydrogens (primary N) is 1. The molecule has 0 bridgehead atoms. The highest BCUT2D eigenvalue weighted by atomic mass is 16.3. The maximum absolute atomic E-state index is 10.6. The minimum Gasteiger partial charge on any atom is -0.506 e. The molecule has 3 N–H and O–H groups in total. The number of nitrogens with zero attached hydrogens (tertiary/aromatic N) is 3. The number of nitriles is 1. The highest BCUT2D eigenvalue weighted by Crippen LogP contribution is 2.40. The predicted molar refractivity (Wildman–Crippen MR) is 128 cm³/mol. The van der Waals surface area contributed by atoms with E-state index in [1.165, 1.54) is 0 Å². The van der Waals surface area contributed by atoms with Crippen LogP contribution < -0.4 is 10.6 Å². The van der Waals surface area contributed by atoms with Crippen molar-refractivity contribution in [3.05, 3.63) is 78.5 Å². The number of para-hydroxylation sites is 1. The molecule has 1 fully saturated rings. The van der Waals surface area contributed by atoms with Crippen LogP contribution in [0.5, 0.6) is 5.75 Å². The summed E-state index contributed by atoms with van der Waals surface area (Å²) < 4.78 is 0. The zero-order valence-corrected chi connectivity index (χ0v) is 17.7. The van der Waals surface area contributed by atoms with Crippen LogP contribution in [0.15, 0.2) is 72.9 Å². The van der Waals surface area contributed by atoms with E-state index in [1.54, 1.807) is 12.1 Å². The molecule has 0 spiro atoms. The second-order valence-electron chi connectivity index (χ2n) is 8.26. The molecule has 0 saturated carbocycles. The summed E-state index contributed by atoms with van der Waals surface area (Å²) >= 11 is 0. The Kier molecular flexibility index (Phi) is 5.22. The fourth-order valence-corrected chi connectivity index (χ4v) is 4.51. The number of hydrogen-bond donors (Lipinski definition) is 2. The van der Waals surface area contributed by atoms with E-state index in [2.05, 4.69) is 29.2 Å². The molecule has 2 heterocycles. The highest BCUT2D eigenvalue weighted by Gasteiger charge is 2.22. The van der Waals surface area contributed by atoms with Gasteiger partial charge in [-0.05, 0) is 42.2 Å². The summed E-state index contributed by atoms with van der Waals surface area (Å²) in [5.41, 5.74) is 12.2. The van der Waals surface area contributed by atoms with Crippen LogP contribution in [0, 0.1) is 11.3 Å². The molecule has 4 aromatic rings. The number of phenols is 1. The highest BCUT2D eigenvalue weighted by molar-refractivity contribution is 6.02. The van der Waals surface area contributed by atoms with Gasteiger partial charge in [0.05, 0.1) is 16.8 Å². The zero-order valence-electron chi connectivity index (χ0n) is 17.7. The molecule has 5 heteroatoms. The SMILES string of the molecule is N#Cc1cccc(-c2ccc3ncc(-c4ccccc4)c(N4CCC(N)CC4)c3c2)c1O. The summed E-state index contributed by atoms with van der Waals surface area (Å²) in [5, 5.41) is 21.0.